The van der Waals surface area contributed by atoms with Gasteiger partial charge in [0.15, 0.2) is 0 Å². The summed E-state index contributed by atoms with van der Waals surface area (Å²) in [6, 6.07) is 14.9. The zero-order chi connectivity index (χ0) is 21.6. The van der Waals surface area contributed by atoms with Gasteiger partial charge in [-0.2, -0.15) is 4.98 Å². The van der Waals surface area contributed by atoms with Gasteiger partial charge >= 0.3 is 6.36 Å². The van der Waals surface area contributed by atoms with E-state index in [9.17, 15) is 13.2 Å². The van der Waals surface area contributed by atoms with Gasteiger partial charge in [0, 0.05) is 28.8 Å². The highest BCUT2D eigenvalue weighted by Gasteiger charge is 2.31. The van der Waals surface area contributed by atoms with Crippen LogP contribution >= 0.6 is 11.8 Å². The fraction of sp³-hybridized carbons (Fsp3) is 0.200. The van der Waals surface area contributed by atoms with Gasteiger partial charge in [0.25, 0.3) is 0 Å². The van der Waals surface area contributed by atoms with Crippen molar-refractivity contribution >= 4 is 29.2 Å². The minimum absolute atomic E-state index is 0.124. The molecule has 0 aliphatic rings. The molecule has 0 atom stereocenters. The van der Waals surface area contributed by atoms with E-state index in [-0.39, 0.29) is 24.8 Å². The molecule has 0 amide bonds. The molecule has 158 valence electrons. The van der Waals surface area contributed by atoms with Crippen LogP contribution in [0.3, 0.4) is 0 Å². The number of hydrogen-bond donors (Lipinski definition) is 3. The van der Waals surface area contributed by atoms with Gasteiger partial charge in [0.1, 0.15) is 11.6 Å². The van der Waals surface area contributed by atoms with E-state index in [0.29, 0.717) is 17.1 Å². The Balaban J connectivity index is 1.95. The Morgan fingerprint density at radius 1 is 1.07 bits per heavy atom. The molecule has 1 aromatic heterocycles. The molecule has 3 N–H and O–H groups in total. The molecule has 6 nitrogen and oxygen atoms in total. The summed E-state index contributed by atoms with van der Waals surface area (Å²) >= 11 is 1.60. The number of aliphatic hydroxyl groups is 1. The van der Waals surface area contributed by atoms with Gasteiger partial charge < -0.3 is 20.5 Å². The number of aromatic nitrogens is 2. The number of aliphatic hydroxyl groups excluding tert-OH is 1. The number of alkyl halides is 3. The minimum atomic E-state index is -4.78. The molecule has 3 rings (SSSR count). The number of hydrogen-bond acceptors (Lipinski definition) is 7. The summed E-state index contributed by atoms with van der Waals surface area (Å²) in [6.45, 7) is 0.100. The number of ether oxygens (including phenoxy) is 1. The summed E-state index contributed by atoms with van der Waals surface area (Å²) < 4.78 is 41.7. The highest BCUT2D eigenvalue weighted by Crippen LogP contribution is 2.29. The molecule has 3 aromatic rings. The Morgan fingerprint density at radius 3 is 2.60 bits per heavy atom. The maximum absolute atomic E-state index is 12.6. The van der Waals surface area contributed by atoms with Crippen LogP contribution in [0.5, 0.6) is 5.75 Å². The molecular formula is C20H19F3N4O2S. The topological polar surface area (TPSA) is 79.3 Å². The van der Waals surface area contributed by atoms with Crippen molar-refractivity contribution in [3.05, 3.63) is 54.6 Å². The highest BCUT2D eigenvalue weighted by molar-refractivity contribution is 7.98. The Labute approximate surface area is 175 Å². The third-order valence-electron chi connectivity index (χ3n) is 3.83. The van der Waals surface area contributed by atoms with E-state index >= 15 is 0 Å². The van der Waals surface area contributed by atoms with Crippen LogP contribution in [-0.4, -0.2) is 40.8 Å². The Hall–Kier alpha value is -2.98. The predicted octanol–water partition coefficient (Wildman–Crippen LogP) is 4.91. The van der Waals surface area contributed by atoms with Gasteiger partial charge in [0.05, 0.1) is 12.3 Å². The molecule has 0 aliphatic heterocycles. The normalized spacial score (nSPS) is 11.2. The van der Waals surface area contributed by atoms with E-state index in [2.05, 4.69) is 25.3 Å². The molecule has 0 spiro atoms. The lowest BCUT2D eigenvalue weighted by molar-refractivity contribution is -0.274. The molecule has 0 saturated heterocycles. The molecule has 0 fully saturated rings. The van der Waals surface area contributed by atoms with Gasteiger partial charge in [-0.1, -0.05) is 18.2 Å². The van der Waals surface area contributed by atoms with Gasteiger partial charge in [-0.3, -0.25) is 0 Å². The van der Waals surface area contributed by atoms with Gasteiger partial charge in [0.2, 0.25) is 5.95 Å². The number of nitrogens with zero attached hydrogens (tertiary/aromatic N) is 2. The summed E-state index contributed by atoms with van der Waals surface area (Å²) in [7, 11) is 0. The molecule has 2 aromatic carbocycles. The number of halogens is 3. The number of benzene rings is 2. The van der Waals surface area contributed by atoms with Crippen molar-refractivity contribution in [1.82, 2.24) is 9.97 Å². The molecule has 0 bridgehead atoms. The lowest BCUT2D eigenvalue weighted by atomic mass is 10.1. The van der Waals surface area contributed by atoms with Crippen LogP contribution in [0.4, 0.5) is 30.6 Å². The zero-order valence-electron chi connectivity index (χ0n) is 15.9. The molecule has 0 saturated carbocycles. The van der Waals surface area contributed by atoms with Crippen molar-refractivity contribution in [2.45, 2.75) is 11.3 Å². The van der Waals surface area contributed by atoms with Gasteiger partial charge in [-0.15, -0.1) is 24.9 Å². The molecule has 0 aliphatic carbocycles. The molecular weight excluding hydrogens is 417 g/mol. The fourth-order valence-electron chi connectivity index (χ4n) is 2.61. The molecule has 30 heavy (non-hydrogen) atoms. The first-order chi connectivity index (χ1) is 14.4. The lowest BCUT2D eigenvalue weighted by Gasteiger charge is -2.13. The van der Waals surface area contributed by atoms with Crippen molar-refractivity contribution < 1.29 is 23.0 Å². The number of anilines is 3. The standard InChI is InChI=1S/C20H19F3N4O2S/c1-30-16-7-3-5-14(11-16)25-18-12-17(26-19(27-18)24-8-9-28)13-4-2-6-15(10-13)29-20(21,22)23/h2-7,10-12,28H,8-9H2,1H3,(H2,24,25,26,27). The number of rotatable bonds is 8. The molecule has 10 heteroatoms. The van der Waals surface area contributed by atoms with E-state index in [1.807, 2.05) is 30.5 Å². The van der Waals surface area contributed by atoms with E-state index in [0.717, 1.165) is 10.6 Å². The van der Waals surface area contributed by atoms with Crippen molar-refractivity contribution in [1.29, 1.82) is 0 Å². The first-order valence-corrected chi connectivity index (χ1v) is 10.1. The zero-order valence-corrected chi connectivity index (χ0v) is 16.7. The third-order valence-corrected chi connectivity index (χ3v) is 4.55. The lowest BCUT2D eigenvalue weighted by Crippen LogP contribution is -2.17. The second-order valence-corrected chi connectivity index (χ2v) is 6.92. The second kappa shape index (κ2) is 9.68. The SMILES string of the molecule is CSc1cccc(Nc2cc(-c3cccc(OC(F)(F)F)c3)nc(NCCO)n2)c1. The van der Waals surface area contributed by atoms with E-state index in [4.69, 9.17) is 5.11 Å². The van der Waals surface area contributed by atoms with Crippen LogP contribution in [0.25, 0.3) is 11.3 Å². The summed E-state index contributed by atoms with van der Waals surface area (Å²) in [5, 5.41) is 15.1. The maximum atomic E-state index is 12.6. The van der Waals surface area contributed by atoms with Crippen LogP contribution in [0, 0.1) is 0 Å². The fourth-order valence-corrected chi connectivity index (χ4v) is 3.07. The van der Waals surface area contributed by atoms with Crippen LogP contribution in [-0.2, 0) is 0 Å². The predicted molar refractivity (Wildman–Crippen MR) is 111 cm³/mol. The Bertz CT molecular complexity index is 1000. The Morgan fingerprint density at radius 2 is 1.87 bits per heavy atom. The summed E-state index contributed by atoms with van der Waals surface area (Å²) in [5.41, 5.74) is 1.61. The smallest absolute Gasteiger partial charge is 0.406 e. The molecule has 1 heterocycles. The van der Waals surface area contributed by atoms with Crippen LogP contribution in [0.15, 0.2) is 59.5 Å². The quantitative estimate of drug-likeness (QED) is 0.433. The molecule has 0 radical (unpaired) electrons. The van der Waals surface area contributed by atoms with Crippen molar-refractivity contribution in [3.63, 3.8) is 0 Å². The maximum Gasteiger partial charge on any atom is 0.573 e. The summed E-state index contributed by atoms with van der Waals surface area (Å²) in [4.78, 5) is 9.77. The van der Waals surface area contributed by atoms with Gasteiger partial charge in [-0.05, 0) is 36.6 Å². The van der Waals surface area contributed by atoms with Crippen LogP contribution < -0.4 is 15.4 Å². The van der Waals surface area contributed by atoms with E-state index < -0.39 is 6.36 Å². The van der Waals surface area contributed by atoms with Crippen LogP contribution in [0.2, 0.25) is 0 Å². The monoisotopic (exact) mass is 436 g/mol. The largest absolute Gasteiger partial charge is 0.573 e. The first-order valence-electron chi connectivity index (χ1n) is 8.87. The summed E-state index contributed by atoms with van der Waals surface area (Å²) in [5.74, 6) is 0.332. The average Bonchev–Trinajstić information content (AvgIpc) is 2.71. The summed E-state index contributed by atoms with van der Waals surface area (Å²) in [6.07, 6.45) is -2.82. The van der Waals surface area contributed by atoms with Gasteiger partial charge in [-0.25, -0.2) is 4.98 Å². The minimum Gasteiger partial charge on any atom is -0.406 e. The van der Waals surface area contributed by atoms with Crippen molar-refractivity contribution in [2.75, 3.05) is 30.0 Å². The Kier molecular flexibility index (Phi) is 7.01. The van der Waals surface area contributed by atoms with Crippen molar-refractivity contribution in [2.24, 2.45) is 0 Å². The van der Waals surface area contributed by atoms with E-state index in [1.165, 1.54) is 18.2 Å². The number of nitrogens with one attached hydrogen (secondary N) is 2. The highest BCUT2D eigenvalue weighted by atomic mass is 32.2. The first kappa shape index (κ1) is 21.7. The molecule has 0 unspecified atom stereocenters. The number of thioether (sulfide) groups is 1. The van der Waals surface area contributed by atoms with E-state index in [1.54, 1.807) is 23.9 Å². The average molecular weight is 436 g/mol. The second-order valence-electron chi connectivity index (χ2n) is 6.05. The van der Waals surface area contributed by atoms with Crippen molar-refractivity contribution in [3.8, 4) is 17.0 Å². The van der Waals surface area contributed by atoms with Crippen LogP contribution in [0.1, 0.15) is 0 Å². The third kappa shape index (κ3) is 6.26.